The summed E-state index contributed by atoms with van der Waals surface area (Å²) in [5.41, 5.74) is 4.04. The van der Waals surface area contributed by atoms with Gasteiger partial charge in [-0.05, 0) is 37.0 Å². The highest BCUT2D eigenvalue weighted by atomic mass is 19.4. The van der Waals surface area contributed by atoms with E-state index in [1.165, 1.54) is 36.2 Å². The first kappa shape index (κ1) is 21.4. The minimum Gasteiger partial charge on any atom is -0.309 e. The Morgan fingerprint density at radius 2 is 1.85 bits per heavy atom. The monoisotopic (exact) mass is 464 g/mol. The summed E-state index contributed by atoms with van der Waals surface area (Å²) in [6, 6.07) is 4.79. The lowest BCUT2D eigenvalue weighted by molar-refractivity contribution is -0.136. The van der Waals surface area contributed by atoms with Crippen LogP contribution in [0.2, 0.25) is 0 Å². The average Bonchev–Trinajstić information content (AvgIpc) is 3.43. The lowest BCUT2D eigenvalue weighted by atomic mass is 9.97. The van der Waals surface area contributed by atoms with Crippen LogP contribution in [0.3, 0.4) is 0 Å². The van der Waals surface area contributed by atoms with E-state index in [1.54, 1.807) is 5.01 Å². The third-order valence-corrected chi connectivity index (χ3v) is 6.02. The van der Waals surface area contributed by atoms with Crippen LogP contribution in [0, 0.1) is 11.9 Å². The van der Waals surface area contributed by atoms with Crippen molar-refractivity contribution in [2.24, 2.45) is 5.92 Å². The van der Waals surface area contributed by atoms with E-state index in [-0.39, 0.29) is 35.6 Å². The number of nitrogens with one attached hydrogen (secondary N) is 2. The number of urea groups is 1. The number of carbonyl (C=O) groups excluding carboxylic acids is 2. The third-order valence-electron chi connectivity index (χ3n) is 6.02. The number of likely N-dealkylation sites (N-methyl/N-ethyl adjacent to an activating group) is 1. The topological polar surface area (TPSA) is 80.8 Å². The number of benzene rings is 1. The number of fused-ring (bicyclic) bond motifs is 1. The van der Waals surface area contributed by atoms with Crippen molar-refractivity contribution in [3.8, 4) is 11.1 Å². The summed E-state index contributed by atoms with van der Waals surface area (Å²) in [5.74, 6) is -1.06. The molecular formula is C21H20F4N6O2. The maximum absolute atomic E-state index is 14.9. The van der Waals surface area contributed by atoms with E-state index in [4.69, 9.17) is 0 Å². The van der Waals surface area contributed by atoms with Crippen molar-refractivity contribution in [1.82, 2.24) is 20.3 Å². The molecule has 3 heterocycles. The highest BCUT2D eigenvalue weighted by molar-refractivity contribution is 6.01. The Morgan fingerprint density at radius 1 is 1.12 bits per heavy atom. The quantitative estimate of drug-likeness (QED) is 0.401. The summed E-state index contributed by atoms with van der Waals surface area (Å²) in [4.78, 5) is 29.6. The Morgan fingerprint density at radius 3 is 2.45 bits per heavy atom. The van der Waals surface area contributed by atoms with Gasteiger partial charge in [-0.2, -0.15) is 17.6 Å². The first-order chi connectivity index (χ1) is 15.6. The molecule has 2 aromatic rings. The number of amides is 3. The predicted octanol–water partition coefficient (Wildman–Crippen LogP) is 3.36. The van der Waals surface area contributed by atoms with Gasteiger partial charge in [0.05, 0.1) is 29.2 Å². The molecule has 2 fully saturated rings. The van der Waals surface area contributed by atoms with Crippen LogP contribution in [0.15, 0.2) is 24.3 Å². The molecule has 174 valence electrons. The summed E-state index contributed by atoms with van der Waals surface area (Å²) < 4.78 is 57.2. The van der Waals surface area contributed by atoms with Crippen LogP contribution < -0.4 is 16.0 Å². The van der Waals surface area contributed by atoms with Gasteiger partial charge in [0.2, 0.25) is 11.9 Å². The number of pyridine rings is 1. The normalized spacial score (nSPS) is 18.3. The maximum atomic E-state index is 14.9. The van der Waals surface area contributed by atoms with E-state index in [2.05, 4.69) is 15.9 Å². The van der Waals surface area contributed by atoms with E-state index in [0.29, 0.717) is 18.2 Å². The molecule has 5 rings (SSSR count). The molecule has 0 spiro atoms. The standard InChI is InChI=1S/C21H20F4N6O2/c1-29-16(32)10-30(20(29)33)9-12-4-5-14(19(22)26-12)13-6-7-15-18(17(13)21(23,24)25)27-28-31(15)8-11-2-3-11/h4-7,11,27-28H,2-3,8-10H2,1H3. The number of imide groups is 1. The molecule has 33 heavy (non-hydrogen) atoms. The van der Waals surface area contributed by atoms with Gasteiger partial charge in [0, 0.05) is 24.7 Å². The number of hydrogen-bond donors (Lipinski definition) is 2. The Kier molecular flexibility index (Phi) is 4.92. The van der Waals surface area contributed by atoms with Crippen molar-refractivity contribution < 1.29 is 27.2 Å². The molecule has 1 aliphatic carbocycles. The molecular weight excluding hydrogens is 444 g/mol. The van der Waals surface area contributed by atoms with Crippen LogP contribution in [-0.4, -0.2) is 46.9 Å². The highest BCUT2D eigenvalue weighted by Gasteiger charge is 2.41. The van der Waals surface area contributed by atoms with Gasteiger partial charge in [0.15, 0.2) is 0 Å². The lowest BCUT2D eigenvalue weighted by Crippen LogP contribution is -2.37. The minimum absolute atomic E-state index is 0.123. The fourth-order valence-electron chi connectivity index (χ4n) is 4.08. The molecule has 3 aliphatic rings. The fourth-order valence-corrected chi connectivity index (χ4v) is 4.08. The number of alkyl halides is 3. The van der Waals surface area contributed by atoms with E-state index >= 15 is 0 Å². The van der Waals surface area contributed by atoms with Crippen LogP contribution in [0.1, 0.15) is 24.1 Å². The first-order valence-electron chi connectivity index (χ1n) is 10.4. The van der Waals surface area contributed by atoms with Crippen LogP contribution in [0.5, 0.6) is 0 Å². The van der Waals surface area contributed by atoms with Crippen LogP contribution >= 0.6 is 0 Å². The Labute approximate surface area is 186 Å². The summed E-state index contributed by atoms with van der Waals surface area (Å²) in [6.45, 7) is 0.275. The summed E-state index contributed by atoms with van der Waals surface area (Å²) >= 11 is 0. The molecule has 1 saturated heterocycles. The molecule has 0 atom stereocenters. The van der Waals surface area contributed by atoms with Gasteiger partial charge in [-0.15, -0.1) is 5.53 Å². The van der Waals surface area contributed by atoms with Gasteiger partial charge >= 0.3 is 12.2 Å². The van der Waals surface area contributed by atoms with Gasteiger partial charge in [-0.25, -0.2) is 9.78 Å². The number of nitrogens with zero attached hydrogens (tertiary/aromatic N) is 4. The van der Waals surface area contributed by atoms with Crippen molar-refractivity contribution in [2.45, 2.75) is 25.6 Å². The average molecular weight is 464 g/mol. The smallest absolute Gasteiger partial charge is 0.309 e. The molecule has 0 unspecified atom stereocenters. The molecule has 2 aliphatic heterocycles. The van der Waals surface area contributed by atoms with Gasteiger partial charge < -0.3 is 10.3 Å². The Bertz CT molecular complexity index is 1150. The molecule has 2 N–H and O–H groups in total. The van der Waals surface area contributed by atoms with E-state index in [9.17, 15) is 27.2 Å². The largest absolute Gasteiger partial charge is 0.419 e. The van der Waals surface area contributed by atoms with Crippen molar-refractivity contribution in [3.63, 3.8) is 0 Å². The number of carbonyl (C=O) groups is 2. The zero-order chi connectivity index (χ0) is 23.5. The number of rotatable bonds is 5. The molecule has 1 aromatic heterocycles. The van der Waals surface area contributed by atoms with Crippen molar-refractivity contribution in [2.75, 3.05) is 30.6 Å². The second-order valence-electron chi connectivity index (χ2n) is 8.40. The van der Waals surface area contributed by atoms with E-state index < -0.39 is 29.6 Å². The van der Waals surface area contributed by atoms with Crippen molar-refractivity contribution in [1.29, 1.82) is 0 Å². The first-order valence-corrected chi connectivity index (χ1v) is 10.4. The van der Waals surface area contributed by atoms with Crippen LogP contribution in [-0.2, 0) is 17.5 Å². The molecule has 12 heteroatoms. The van der Waals surface area contributed by atoms with Crippen LogP contribution in [0.4, 0.5) is 33.7 Å². The van der Waals surface area contributed by atoms with Crippen molar-refractivity contribution >= 4 is 23.3 Å². The molecule has 0 radical (unpaired) electrons. The molecule has 8 nitrogen and oxygen atoms in total. The molecule has 0 bridgehead atoms. The van der Waals surface area contributed by atoms with Gasteiger partial charge in [-0.1, -0.05) is 6.07 Å². The van der Waals surface area contributed by atoms with Gasteiger partial charge in [-0.3, -0.25) is 14.7 Å². The number of hydrogen-bond acceptors (Lipinski definition) is 6. The number of anilines is 2. The van der Waals surface area contributed by atoms with E-state index in [1.807, 2.05) is 0 Å². The molecule has 3 amide bonds. The second kappa shape index (κ2) is 7.58. The number of halogens is 4. The number of aromatic nitrogens is 1. The predicted molar refractivity (Wildman–Crippen MR) is 110 cm³/mol. The minimum atomic E-state index is -4.75. The maximum Gasteiger partial charge on any atom is 0.419 e. The SMILES string of the molecule is CN1C(=O)CN(Cc2ccc(-c3ccc4c(c3C(F)(F)F)NNN4CC3CC3)c(F)n2)C1=O. The summed E-state index contributed by atoms with van der Waals surface area (Å²) in [7, 11) is 1.34. The molecule has 1 aromatic carbocycles. The zero-order valence-corrected chi connectivity index (χ0v) is 17.5. The molecule has 1 saturated carbocycles. The summed E-state index contributed by atoms with van der Waals surface area (Å²) in [6.07, 6.45) is -2.67. The Balaban J connectivity index is 1.48. The zero-order valence-electron chi connectivity index (χ0n) is 17.5. The Hall–Kier alpha value is -3.41. The van der Waals surface area contributed by atoms with E-state index in [0.717, 1.165) is 17.7 Å². The summed E-state index contributed by atoms with van der Waals surface area (Å²) in [5, 5.41) is 1.63. The third kappa shape index (κ3) is 3.84. The highest BCUT2D eigenvalue weighted by Crippen LogP contribution is 2.48. The van der Waals surface area contributed by atoms with Gasteiger partial charge in [0.1, 0.15) is 6.54 Å². The van der Waals surface area contributed by atoms with Gasteiger partial charge in [0.25, 0.3) is 0 Å². The fraction of sp³-hybridized carbons (Fsp3) is 0.381. The number of hydrazine groups is 2. The van der Waals surface area contributed by atoms with Crippen LogP contribution in [0.25, 0.3) is 11.1 Å². The lowest BCUT2D eigenvalue weighted by Gasteiger charge is -2.19. The van der Waals surface area contributed by atoms with Crippen molar-refractivity contribution in [3.05, 3.63) is 41.5 Å². The second-order valence-corrected chi connectivity index (χ2v) is 8.40.